The zero-order chi connectivity index (χ0) is 23.1. The molecule has 0 bridgehead atoms. The predicted molar refractivity (Wildman–Crippen MR) is 131 cm³/mol. The van der Waals surface area contributed by atoms with Gasteiger partial charge in [-0.1, -0.05) is 78.9 Å². The van der Waals surface area contributed by atoms with Crippen molar-refractivity contribution in [2.45, 2.75) is 18.5 Å². The summed E-state index contributed by atoms with van der Waals surface area (Å²) >= 11 is 0. The van der Waals surface area contributed by atoms with Crippen molar-refractivity contribution in [2.24, 2.45) is 11.8 Å². The van der Waals surface area contributed by atoms with E-state index in [1.165, 1.54) is 27.8 Å². The number of rotatable bonds is 5. The molecule has 174 valence electrons. The molecule has 34 heavy (non-hydrogen) atoms. The van der Waals surface area contributed by atoms with Crippen LogP contribution in [0, 0.1) is 11.8 Å². The fourth-order valence-electron chi connectivity index (χ4n) is 6.33. The van der Waals surface area contributed by atoms with Gasteiger partial charge in [0.2, 0.25) is 0 Å². The van der Waals surface area contributed by atoms with Crippen molar-refractivity contribution in [1.82, 2.24) is 9.80 Å². The molecule has 2 heterocycles. The van der Waals surface area contributed by atoms with E-state index in [-0.39, 0.29) is 30.6 Å². The molecule has 0 saturated carbocycles. The normalized spacial score (nSPS) is 23.6. The molecule has 1 aliphatic carbocycles. The lowest BCUT2D eigenvalue weighted by molar-refractivity contribution is 0.0716. The number of carbonyl (C=O) groups excluding carboxylic acids is 1. The van der Waals surface area contributed by atoms with Gasteiger partial charge in [-0.3, -0.25) is 4.90 Å². The molecule has 3 aromatic rings. The maximum atomic E-state index is 13.2. The lowest BCUT2D eigenvalue weighted by Gasteiger charge is -2.28. The Bertz CT molecular complexity index is 1140. The van der Waals surface area contributed by atoms with E-state index in [0.717, 1.165) is 19.6 Å². The highest BCUT2D eigenvalue weighted by Gasteiger charge is 2.48. The summed E-state index contributed by atoms with van der Waals surface area (Å²) in [4.78, 5) is 17.4. The van der Waals surface area contributed by atoms with Crippen LogP contribution in [-0.4, -0.2) is 59.9 Å². The van der Waals surface area contributed by atoms with Gasteiger partial charge in [0.1, 0.15) is 6.61 Å². The smallest absolute Gasteiger partial charge is 0.410 e. The third kappa shape index (κ3) is 3.69. The van der Waals surface area contributed by atoms with Crippen molar-refractivity contribution in [2.75, 3.05) is 32.8 Å². The molecular weight excluding hydrogens is 424 g/mol. The summed E-state index contributed by atoms with van der Waals surface area (Å²) in [5.74, 6) is 0.711. The molecule has 2 saturated heterocycles. The Hall–Kier alpha value is -3.15. The molecule has 0 unspecified atom stereocenters. The van der Waals surface area contributed by atoms with Crippen molar-refractivity contribution < 1.29 is 14.6 Å². The van der Waals surface area contributed by atoms with Gasteiger partial charge in [0.25, 0.3) is 0 Å². The van der Waals surface area contributed by atoms with E-state index in [4.69, 9.17) is 4.74 Å². The van der Waals surface area contributed by atoms with Crippen molar-refractivity contribution in [1.29, 1.82) is 0 Å². The number of benzene rings is 3. The fourth-order valence-corrected chi connectivity index (χ4v) is 6.33. The van der Waals surface area contributed by atoms with Crippen LogP contribution >= 0.6 is 0 Å². The molecule has 1 amide bonds. The highest BCUT2D eigenvalue weighted by molar-refractivity contribution is 5.79. The van der Waals surface area contributed by atoms with Crippen LogP contribution in [0.2, 0.25) is 0 Å². The molecule has 2 fully saturated rings. The number of hydrogen-bond acceptors (Lipinski definition) is 4. The highest BCUT2D eigenvalue weighted by atomic mass is 16.6. The molecule has 6 rings (SSSR count). The van der Waals surface area contributed by atoms with Gasteiger partial charge in [-0.15, -0.1) is 0 Å². The minimum absolute atomic E-state index is 0.0233. The van der Waals surface area contributed by atoms with Crippen molar-refractivity contribution in [3.63, 3.8) is 0 Å². The summed E-state index contributed by atoms with van der Waals surface area (Å²) < 4.78 is 5.91. The zero-order valence-corrected chi connectivity index (χ0v) is 19.2. The molecule has 0 spiro atoms. The van der Waals surface area contributed by atoms with Crippen molar-refractivity contribution >= 4 is 6.09 Å². The van der Waals surface area contributed by atoms with Crippen LogP contribution in [0.1, 0.15) is 22.6 Å². The highest BCUT2D eigenvalue weighted by Crippen LogP contribution is 2.45. The third-order valence-corrected chi connectivity index (χ3v) is 7.90. The fraction of sp³-hybridized carbons (Fsp3) is 0.345. The lowest BCUT2D eigenvalue weighted by atomic mass is 9.95. The standard InChI is InChI=1S/C29H30N2O3/c32-18-28-26-17-30(14-20-8-2-1-3-9-20)15-21(26)16-31(28)29(33)34-19-27-24-12-6-4-10-22(24)23-11-5-7-13-25(23)27/h1-13,21,26-28,32H,14-19H2/t21-,26-,28+/m0/s1. The number of fused-ring (bicyclic) bond motifs is 4. The Morgan fingerprint density at radius 1 is 0.853 bits per heavy atom. The molecular formula is C29H30N2O3. The Morgan fingerprint density at radius 2 is 1.50 bits per heavy atom. The summed E-state index contributed by atoms with van der Waals surface area (Å²) in [6.45, 7) is 3.71. The van der Waals surface area contributed by atoms with E-state index < -0.39 is 0 Å². The molecule has 0 radical (unpaired) electrons. The van der Waals surface area contributed by atoms with Gasteiger partial charge < -0.3 is 14.7 Å². The Labute approximate surface area is 200 Å². The summed E-state index contributed by atoms with van der Waals surface area (Å²) in [6, 6.07) is 27.1. The number of amides is 1. The molecule has 5 heteroatoms. The van der Waals surface area contributed by atoms with Gasteiger partial charge >= 0.3 is 6.09 Å². The van der Waals surface area contributed by atoms with Crippen LogP contribution in [0.4, 0.5) is 4.79 Å². The second-order valence-electron chi connectivity index (χ2n) is 9.81. The van der Waals surface area contributed by atoms with Crippen molar-refractivity contribution in [3.8, 4) is 11.1 Å². The number of likely N-dealkylation sites (tertiary alicyclic amines) is 2. The second kappa shape index (κ2) is 8.90. The number of aliphatic hydroxyl groups excluding tert-OH is 1. The molecule has 5 nitrogen and oxygen atoms in total. The van der Waals surface area contributed by atoms with E-state index in [9.17, 15) is 9.90 Å². The van der Waals surface area contributed by atoms with Crippen LogP contribution in [-0.2, 0) is 11.3 Å². The molecule has 3 atom stereocenters. The van der Waals surface area contributed by atoms with Gasteiger partial charge in [0, 0.05) is 38.0 Å². The van der Waals surface area contributed by atoms with Gasteiger partial charge in [-0.05, 0) is 33.7 Å². The van der Waals surface area contributed by atoms with Crippen LogP contribution in [0.3, 0.4) is 0 Å². The summed E-state index contributed by atoms with van der Waals surface area (Å²) in [5, 5.41) is 10.2. The number of carbonyl (C=O) groups is 1. The first-order valence-electron chi connectivity index (χ1n) is 12.2. The quantitative estimate of drug-likeness (QED) is 0.622. The van der Waals surface area contributed by atoms with E-state index >= 15 is 0 Å². The molecule has 2 aliphatic heterocycles. The molecule has 0 aromatic heterocycles. The van der Waals surface area contributed by atoms with E-state index in [1.54, 1.807) is 4.90 Å². The second-order valence-corrected chi connectivity index (χ2v) is 9.81. The van der Waals surface area contributed by atoms with Crippen LogP contribution in [0.15, 0.2) is 78.9 Å². The lowest BCUT2D eigenvalue weighted by Crippen LogP contribution is -2.43. The van der Waals surface area contributed by atoms with E-state index in [0.29, 0.717) is 19.1 Å². The van der Waals surface area contributed by atoms with Crippen LogP contribution < -0.4 is 0 Å². The number of ether oxygens (including phenoxy) is 1. The monoisotopic (exact) mass is 454 g/mol. The first-order chi connectivity index (χ1) is 16.7. The summed E-state index contributed by atoms with van der Waals surface area (Å²) in [7, 11) is 0. The van der Waals surface area contributed by atoms with Gasteiger partial charge in [0.15, 0.2) is 0 Å². The van der Waals surface area contributed by atoms with Crippen LogP contribution in [0.25, 0.3) is 11.1 Å². The van der Waals surface area contributed by atoms with Crippen LogP contribution in [0.5, 0.6) is 0 Å². The minimum Gasteiger partial charge on any atom is -0.448 e. The molecule has 1 N–H and O–H groups in total. The summed E-state index contributed by atoms with van der Waals surface area (Å²) in [6.07, 6.45) is -0.301. The largest absolute Gasteiger partial charge is 0.448 e. The SMILES string of the molecule is O=C(OCC1c2ccccc2-c2ccccc21)N1C[C@@H]2CN(Cc3ccccc3)C[C@@H]2[C@H]1CO. The summed E-state index contributed by atoms with van der Waals surface area (Å²) in [5.41, 5.74) is 6.18. The predicted octanol–water partition coefficient (Wildman–Crippen LogP) is 4.36. The Balaban J connectivity index is 1.12. The number of aliphatic hydroxyl groups is 1. The first kappa shape index (κ1) is 21.4. The molecule has 3 aliphatic rings. The zero-order valence-electron chi connectivity index (χ0n) is 19.2. The number of hydrogen-bond donors (Lipinski definition) is 1. The maximum Gasteiger partial charge on any atom is 0.410 e. The van der Waals surface area contributed by atoms with Crippen molar-refractivity contribution in [3.05, 3.63) is 95.6 Å². The average molecular weight is 455 g/mol. The first-order valence-corrected chi connectivity index (χ1v) is 12.2. The van der Waals surface area contributed by atoms with Gasteiger partial charge in [-0.2, -0.15) is 0 Å². The minimum atomic E-state index is -0.301. The van der Waals surface area contributed by atoms with Gasteiger partial charge in [-0.25, -0.2) is 4.79 Å². The third-order valence-electron chi connectivity index (χ3n) is 7.90. The average Bonchev–Trinajstić information content (AvgIpc) is 3.52. The topological polar surface area (TPSA) is 53.0 Å². The number of nitrogens with zero attached hydrogens (tertiary/aromatic N) is 2. The van der Waals surface area contributed by atoms with E-state index in [2.05, 4.69) is 65.6 Å². The van der Waals surface area contributed by atoms with E-state index in [1.807, 2.05) is 18.2 Å². The van der Waals surface area contributed by atoms with Gasteiger partial charge in [0.05, 0.1) is 12.6 Å². The maximum absolute atomic E-state index is 13.2. The molecule has 3 aromatic carbocycles. The Morgan fingerprint density at radius 3 is 2.18 bits per heavy atom. The Kier molecular flexibility index (Phi) is 5.60.